The van der Waals surface area contributed by atoms with Crippen molar-refractivity contribution in [2.45, 2.75) is 33.1 Å². The molecule has 0 aliphatic rings. The van der Waals surface area contributed by atoms with Crippen molar-refractivity contribution < 1.29 is 4.74 Å². The maximum Gasteiger partial charge on any atom is 0.175 e. The van der Waals surface area contributed by atoms with Crippen LogP contribution in [0.4, 0.5) is 11.4 Å². The number of rotatable bonds is 3. The lowest BCUT2D eigenvalue weighted by Crippen LogP contribution is -2.21. The molecule has 0 heterocycles. The highest BCUT2D eigenvalue weighted by Crippen LogP contribution is 2.31. The molecule has 24 heavy (non-hydrogen) atoms. The molecule has 2 rings (SSSR count). The van der Waals surface area contributed by atoms with Crippen molar-refractivity contribution in [2.24, 2.45) is 0 Å². The lowest BCUT2D eigenvalue weighted by molar-refractivity contribution is 0.416. The third-order valence-electron chi connectivity index (χ3n) is 3.76. The Morgan fingerprint density at radius 2 is 1.71 bits per heavy atom. The van der Waals surface area contributed by atoms with Gasteiger partial charge in [-0.05, 0) is 59.9 Å². The van der Waals surface area contributed by atoms with Crippen molar-refractivity contribution in [3.63, 3.8) is 0 Å². The average molecular weight is 363 g/mol. The Bertz CT molecular complexity index is 754. The van der Waals surface area contributed by atoms with Crippen molar-refractivity contribution in [3.8, 4) is 5.75 Å². The highest BCUT2D eigenvalue weighted by atomic mass is 35.5. The average Bonchev–Trinajstić information content (AvgIpc) is 2.50. The molecule has 0 unspecified atom stereocenters. The van der Waals surface area contributed by atoms with Crippen molar-refractivity contribution in [2.75, 3.05) is 17.7 Å². The molecule has 2 aromatic carbocycles. The first kappa shape index (κ1) is 18.6. The van der Waals surface area contributed by atoms with Crippen LogP contribution in [0.15, 0.2) is 36.4 Å². The molecular weight excluding hydrogens is 340 g/mol. The van der Waals surface area contributed by atoms with Gasteiger partial charge in [-0.15, -0.1) is 0 Å². The second-order valence-electron chi connectivity index (χ2n) is 6.70. The fraction of sp³-hybridized carbons (Fsp3) is 0.316. The SMILES string of the molecule is COc1ccc(C(C)(C)C)cc1NC(=S)Nc1cc(Cl)ccc1C. The Hall–Kier alpha value is -1.78. The Labute approximate surface area is 154 Å². The van der Waals surface area contributed by atoms with Gasteiger partial charge in [-0.25, -0.2) is 0 Å². The zero-order valence-electron chi connectivity index (χ0n) is 14.7. The quantitative estimate of drug-likeness (QED) is 0.680. The molecular formula is C19H23ClN2OS. The van der Waals surface area contributed by atoms with Crippen LogP contribution in [0.3, 0.4) is 0 Å². The normalized spacial score (nSPS) is 11.1. The van der Waals surface area contributed by atoms with Crippen LogP contribution in [-0.4, -0.2) is 12.2 Å². The molecule has 0 aromatic heterocycles. The molecule has 0 atom stereocenters. The molecule has 0 saturated heterocycles. The van der Waals surface area contributed by atoms with E-state index in [1.54, 1.807) is 7.11 Å². The van der Waals surface area contributed by atoms with Gasteiger partial charge in [-0.3, -0.25) is 0 Å². The third kappa shape index (κ3) is 4.62. The van der Waals surface area contributed by atoms with Gasteiger partial charge in [0.15, 0.2) is 5.11 Å². The monoisotopic (exact) mass is 362 g/mol. The third-order valence-corrected chi connectivity index (χ3v) is 4.20. The van der Waals surface area contributed by atoms with Crippen LogP contribution < -0.4 is 15.4 Å². The molecule has 3 nitrogen and oxygen atoms in total. The number of halogens is 1. The molecule has 0 bridgehead atoms. The molecule has 0 aliphatic heterocycles. The number of thiocarbonyl (C=S) groups is 1. The second-order valence-corrected chi connectivity index (χ2v) is 7.55. The summed E-state index contributed by atoms with van der Waals surface area (Å²) in [7, 11) is 1.65. The fourth-order valence-electron chi connectivity index (χ4n) is 2.28. The number of ether oxygens (including phenoxy) is 1. The summed E-state index contributed by atoms with van der Waals surface area (Å²) in [6.07, 6.45) is 0. The first-order valence-corrected chi connectivity index (χ1v) is 8.52. The van der Waals surface area contributed by atoms with E-state index in [0.29, 0.717) is 10.1 Å². The molecule has 0 saturated carbocycles. The molecule has 128 valence electrons. The predicted octanol–water partition coefficient (Wildman–Crippen LogP) is 5.76. The van der Waals surface area contributed by atoms with Crippen LogP contribution in [0.25, 0.3) is 0 Å². The standard InChI is InChI=1S/C19H23ClN2OS/c1-12-6-8-14(20)11-15(12)21-18(24)22-16-10-13(19(2,3)4)7-9-17(16)23-5/h6-11H,1-5H3,(H2,21,22,24). The summed E-state index contributed by atoms with van der Waals surface area (Å²) in [6.45, 7) is 8.52. The minimum Gasteiger partial charge on any atom is -0.495 e. The first-order valence-electron chi connectivity index (χ1n) is 7.73. The van der Waals surface area contributed by atoms with E-state index in [2.05, 4.69) is 43.5 Å². The number of nitrogens with one attached hydrogen (secondary N) is 2. The zero-order valence-corrected chi connectivity index (χ0v) is 16.2. The number of methoxy groups -OCH3 is 1. The summed E-state index contributed by atoms with van der Waals surface area (Å²) in [4.78, 5) is 0. The predicted molar refractivity (Wildman–Crippen MR) is 108 cm³/mol. The van der Waals surface area contributed by atoms with E-state index in [9.17, 15) is 0 Å². The van der Waals surface area contributed by atoms with E-state index in [-0.39, 0.29) is 5.41 Å². The van der Waals surface area contributed by atoms with Gasteiger partial charge in [0, 0.05) is 10.7 Å². The highest BCUT2D eigenvalue weighted by molar-refractivity contribution is 7.80. The van der Waals surface area contributed by atoms with Crippen molar-refractivity contribution in [1.29, 1.82) is 0 Å². The van der Waals surface area contributed by atoms with Gasteiger partial charge in [-0.2, -0.15) is 0 Å². The Kier molecular flexibility index (Phi) is 5.73. The number of benzene rings is 2. The van der Waals surface area contributed by atoms with Gasteiger partial charge in [0.2, 0.25) is 0 Å². The van der Waals surface area contributed by atoms with E-state index in [4.69, 9.17) is 28.6 Å². The molecule has 0 amide bonds. The van der Waals surface area contributed by atoms with E-state index >= 15 is 0 Å². The van der Waals surface area contributed by atoms with E-state index in [0.717, 1.165) is 22.7 Å². The Morgan fingerprint density at radius 3 is 2.33 bits per heavy atom. The molecule has 2 aromatic rings. The van der Waals surface area contributed by atoms with Gasteiger partial charge in [-0.1, -0.05) is 44.5 Å². The minimum atomic E-state index is 0.0429. The summed E-state index contributed by atoms with van der Waals surface area (Å²) in [6, 6.07) is 11.8. The smallest absolute Gasteiger partial charge is 0.175 e. The Balaban J connectivity index is 2.23. The van der Waals surface area contributed by atoms with Crippen LogP contribution >= 0.6 is 23.8 Å². The second kappa shape index (κ2) is 7.41. The first-order chi connectivity index (χ1) is 11.2. The summed E-state index contributed by atoms with van der Waals surface area (Å²) in [5.41, 5.74) is 4.03. The molecule has 2 N–H and O–H groups in total. The minimum absolute atomic E-state index is 0.0429. The topological polar surface area (TPSA) is 33.3 Å². The summed E-state index contributed by atoms with van der Waals surface area (Å²) in [5.74, 6) is 0.745. The number of aryl methyl sites for hydroxylation is 1. The van der Waals surface area contributed by atoms with Gasteiger partial charge in [0.25, 0.3) is 0 Å². The van der Waals surface area contributed by atoms with Gasteiger partial charge in [0.05, 0.1) is 12.8 Å². The lowest BCUT2D eigenvalue weighted by atomic mass is 9.87. The van der Waals surface area contributed by atoms with Crippen molar-refractivity contribution in [1.82, 2.24) is 0 Å². The van der Waals surface area contributed by atoms with Crippen LogP contribution in [0.1, 0.15) is 31.9 Å². The molecule has 0 fully saturated rings. The number of hydrogen-bond donors (Lipinski definition) is 2. The van der Waals surface area contributed by atoms with Gasteiger partial charge < -0.3 is 15.4 Å². The number of anilines is 2. The number of hydrogen-bond acceptors (Lipinski definition) is 2. The maximum absolute atomic E-state index is 6.06. The maximum atomic E-state index is 6.06. The molecule has 0 spiro atoms. The van der Waals surface area contributed by atoms with Crippen LogP contribution in [0.2, 0.25) is 5.02 Å². The fourth-order valence-corrected chi connectivity index (χ4v) is 2.67. The molecule has 5 heteroatoms. The Morgan fingerprint density at radius 1 is 1.04 bits per heavy atom. The molecule has 0 aliphatic carbocycles. The zero-order chi connectivity index (χ0) is 17.9. The van der Waals surface area contributed by atoms with Crippen LogP contribution in [-0.2, 0) is 5.41 Å². The van der Waals surface area contributed by atoms with E-state index in [1.165, 1.54) is 5.56 Å². The lowest BCUT2D eigenvalue weighted by Gasteiger charge is -2.22. The van der Waals surface area contributed by atoms with Crippen LogP contribution in [0, 0.1) is 6.92 Å². The van der Waals surface area contributed by atoms with Crippen molar-refractivity contribution in [3.05, 3.63) is 52.5 Å². The summed E-state index contributed by atoms with van der Waals surface area (Å²) >= 11 is 11.5. The van der Waals surface area contributed by atoms with Gasteiger partial charge in [0.1, 0.15) is 5.75 Å². The molecule has 0 radical (unpaired) electrons. The summed E-state index contributed by atoms with van der Waals surface area (Å²) < 4.78 is 5.44. The van der Waals surface area contributed by atoms with E-state index < -0.39 is 0 Å². The largest absolute Gasteiger partial charge is 0.495 e. The summed E-state index contributed by atoms with van der Waals surface area (Å²) in [5, 5.41) is 7.57. The van der Waals surface area contributed by atoms with Crippen LogP contribution in [0.5, 0.6) is 5.75 Å². The highest BCUT2D eigenvalue weighted by Gasteiger charge is 2.16. The van der Waals surface area contributed by atoms with Crippen molar-refractivity contribution >= 4 is 40.3 Å². The van der Waals surface area contributed by atoms with E-state index in [1.807, 2.05) is 31.2 Å². The van der Waals surface area contributed by atoms with Gasteiger partial charge >= 0.3 is 0 Å².